The maximum atomic E-state index is 13.0. The summed E-state index contributed by atoms with van der Waals surface area (Å²) in [5, 5.41) is 0. The van der Waals surface area contributed by atoms with Crippen LogP contribution in [0.25, 0.3) is 0 Å². The van der Waals surface area contributed by atoms with Gasteiger partial charge in [-0.25, -0.2) is 9.59 Å². The first-order valence-electron chi connectivity index (χ1n) is 10.5. The number of hydrogen-bond donors (Lipinski definition) is 0. The van der Waals surface area contributed by atoms with Crippen molar-refractivity contribution < 1.29 is 14.3 Å². The number of nitrogens with zero attached hydrogens (tertiary/aromatic N) is 3. The Kier molecular flexibility index (Phi) is 5.41. The van der Waals surface area contributed by atoms with Crippen LogP contribution in [0.3, 0.4) is 0 Å². The van der Waals surface area contributed by atoms with Crippen LogP contribution in [0.4, 0.5) is 15.3 Å². The lowest BCUT2D eigenvalue weighted by Gasteiger charge is -2.36. The van der Waals surface area contributed by atoms with Gasteiger partial charge in [0.1, 0.15) is 5.60 Å². The van der Waals surface area contributed by atoms with Gasteiger partial charge in [0.2, 0.25) is 0 Å². The average Bonchev–Trinajstić information content (AvgIpc) is 3.04. The molecule has 2 aromatic carbocycles. The number of rotatable bonds is 3. The van der Waals surface area contributed by atoms with E-state index in [1.54, 1.807) is 4.90 Å². The Morgan fingerprint density at radius 1 is 1.00 bits per heavy atom. The van der Waals surface area contributed by atoms with Crippen LogP contribution in [0.15, 0.2) is 54.6 Å². The van der Waals surface area contributed by atoms with Crippen LogP contribution < -0.4 is 4.90 Å². The summed E-state index contributed by atoms with van der Waals surface area (Å²) in [5.41, 5.74) is 2.80. The second-order valence-corrected chi connectivity index (χ2v) is 9.00. The first-order chi connectivity index (χ1) is 14.3. The van der Waals surface area contributed by atoms with Crippen molar-refractivity contribution in [3.05, 3.63) is 65.7 Å². The molecular formula is C24H29N3O3. The molecule has 0 aromatic heterocycles. The molecule has 0 N–H and O–H groups in total. The molecule has 1 unspecified atom stereocenters. The third-order valence-electron chi connectivity index (χ3n) is 5.48. The lowest BCUT2D eigenvalue weighted by atomic mass is 10.0. The molecule has 2 aliphatic rings. The van der Waals surface area contributed by atoms with E-state index >= 15 is 0 Å². The highest BCUT2D eigenvalue weighted by Crippen LogP contribution is 2.28. The van der Waals surface area contributed by atoms with E-state index in [9.17, 15) is 9.59 Å². The van der Waals surface area contributed by atoms with E-state index in [0.717, 1.165) is 12.1 Å². The molecule has 1 atom stereocenters. The van der Waals surface area contributed by atoms with Crippen molar-refractivity contribution in [2.24, 2.45) is 0 Å². The Labute approximate surface area is 178 Å². The molecule has 2 aromatic rings. The van der Waals surface area contributed by atoms with Crippen LogP contribution in [0, 0.1) is 0 Å². The predicted molar refractivity (Wildman–Crippen MR) is 117 cm³/mol. The lowest BCUT2D eigenvalue weighted by molar-refractivity contribution is 0.0128. The van der Waals surface area contributed by atoms with Crippen molar-refractivity contribution in [2.45, 2.75) is 38.8 Å². The number of urea groups is 1. The summed E-state index contributed by atoms with van der Waals surface area (Å²) >= 11 is 0. The van der Waals surface area contributed by atoms with E-state index in [0.29, 0.717) is 26.2 Å². The maximum absolute atomic E-state index is 13.0. The van der Waals surface area contributed by atoms with Crippen LogP contribution in [0.1, 0.15) is 31.9 Å². The van der Waals surface area contributed by atoms with E-state index in [2.05, 4.69) is 24.3 Å². The van der Waals surface area contributed by atoms with Gasteiger partial charge in [-0.1, -0.05) is 42.5 Å². The quantitative estimate of drug-likeness (QED) is 0.768. The molecule has 6 heteroatoms. The topological polar surface area (TPSA) is 53.1 Å². The zero-order valence-electron chi connectivity index (χ0n) is 17.9. The largest absolute Gasteiger partial charge is 0.444 e. The van der Waals surface area contributed by atoms with Crippen LogP contribution in [0.5, 0.6) is 0 Å². The number of benzene rings is 2. The molecule has 0 radical (unpaired) electrons. The van der Waals surface area contributed by atoms with Crippen LogP contribution >= 0.6 is 0 Å². The summed E-state index contributed by atoms with van der Waals surface area (Å²) in [5.74, 6) is 0. The van der Waals surface area contributed by atoms with Crippen LogP contribution in [-0.4, -0.2) is 59.7 Å². The molecule has 2 saturated heterocycles. The summed E-state index contributed by atoms with van der Waals surface area (Å²) < 4.78 is 5.51. The van der Waals surface area contributed by atoms with Crippen LogP contribution in [-0.2, 0) is 11.2 Å². The van der Waals surface area contributed by atoms with Gasteiger partial charge in [0.05, 0.1) is 6.04 Å². The van der Waals surface area contributed by atoms with Gasteiger partial charge in [0.15, 0.2) is 0 Å². The van der Waals surface area contributed by atoms with Gasteiger partial charge in [-0.15, -0.1) is 0 Å². The standard InChI is InChI=1S/C24H29N3O3/c1-24(2,3)30-23(29)25-12-13-26-21(16-25)17-27(22(26)28)20-11-7-10-19(15-20)14-18-8-5-4-6-9-18/h4-11,15,21H,12-14,16-17H2,1-3H3. The zero-order chi connectivity index (χ0) is 21.3. The van der Waals surface area contributed by atoms with Crippen molar-refractivity contribution in [3.8, 4) is 0 Å². The zero-order valence-corrected chi connectivity index (χ0v) is 17.9. The highest BCUT2D eigenvalue weighted by molar-refractivity contribution is 5.95. The Bertz CT molecular complexity index is 923. The van der Waals surface area contributed by atoms with E-state index in [-0.39, 0.29) is 18.2 Å². The minimum atomic E-state index is -0.523. The number of amides is 3. The number of carbonyl (C=O) groups is 2. The molecule has 4 rings (SSSR count). The van der Waals surface area contributed by atoms with Crippen LogP contribution in [0.2, 0.25) is 0 Å². The fourth-order valence-electron chi connectivity index (χ4n) is 4.08. The monoisotopic (exact) mass is 407 g/mol. The van der Waals surface area contributed by atoms with E-state index in [1.165, 1.54) is 11.1 Å². The molecule has 3 amide bonds. The molecular weight excluding hydrogens is 378 g/mol. The third kappa shape index (κ3) is 4.42. The van der Waals surface area contributed by atoms with Crippen molar-refractivity contribution in [1.82, 2.24) is 9.80 Å². The highest BCUT2D eigenvalue weighted by Gasteiger charge is 2.42. The third-order valence-corrected chi connectivity index (χ3v) is 5.48. The van der Waals surface area contributed by atoms with E-state index in [4.69, 9.17) is 4.74 Å². The normalized spacial score (nSPS) is 19.1. The first kappa shape index (κ1) is 20.3. The number of hydrogen-bond acceptors (Lipinski definition) is 3. The second kappa shape index (κ2) is 8.01. The van der Waals surface area contributed by atoms with Gasteiger partial charge >= 0.3 is 12.1 Å². The molecule has 2 fully saturated rings. The Morgan fingerprint density at radius 3 is 2.47 bits per heavy atom. The number of anilines is 1. The number of fused-ring (bicyclic) bond motifs is 1. The molecule has 6 nitrogen and oxygen atoms in total. The molecule has 0 bridgehead atoms. The SMILES string of the molecule is CC(C)(C)OC(=O)N1CCN2C(=O)N(c3cccc(Cc4ccccc4)c3)CC2C1. The van der Waals surface area contributed by atoms with Gasteiger partial charge in [0.25, 0.3) is 0 Å². The number of ether oxygens (including phenoxy) is 1. The van der Waals surface area contributed by atoms with Crippen molar-refractivity contribution in [3.63, 3.8) is 0 Å². The van der Waals surface area contributed by atoms with Crippen molar-refractivity contribution in [2.75, 3.05) is 31.1 Å². The summed E-state index contributed by atoms with van der Waals surface area (Å²) in [4.78, 5) is 30.9. The van der Waals surface area contributed by atoms with Gasteiger partial charge in [-0.2, -0.15) is 0 Å². The minimum Gasteiger partial charge on any atom is -0.444 e. The fourth-order valence-corrected chi connectivity index (χ4v) is 4.08. The van der Waals surface area contributed by atoms with Gasteiger partial charge in [-0.3, -0.25) is 4.90 Å². The van der Waals surface area contributed by atoms with Gasteiger partial charge in [0, 0.05) is 31.9 Å². The first-order valence-corrected chi connectivity index (χ1v) is 10.5. The lowest BCUT2D eigenvalue weighted by Crippen LogP contribution is -2.54. The second-order valence-electron chi connectivity index (χ2n) is 9.00. The molecule has 2 aliphatic heterocycles. The minimum absolute atomic E-state index is 0.0145. The van der Waals surface area contributed by atoms with E-state index < -0.39 is 5.60 Å². The molecule has 0 spiro atoms. The van der Waals surface area contributed by atoms with Crippen molar-refractivity contribution >= 4 is 17.8 Å². The smallest absolute Gasteiger partial charge is 0.410 e. The molecule has 158 valence electrons. The fraction of sp³-hybridized carbons (Fsp3) is 0.417. The molecule has 2 heterocycles. The molecule has 0 saturated carbocycles. The summed E-state index contributed by atoms with van der Waals surface area (Å²) in [6.07, 6.45) is 0.522. The van der Waals surface area contributed by atoms with Gasteiger partial charge < -0.3 is 14.5 Å². The summed E-state index contributed by atoms with van der Waals surface area (Å²) in [7, 11) is 0. The number of piperazine rings is 1. The Morgan fingerprint density at radius 2 is 1.73 bits per heavy atom. The number of carbonyl (C=O) groups excluding carboxylic acids is 2. The summed E-state index contributed by atoms with van der Waals surface area (Å²) in [6, 6.07) is 18.5. The Hall–Kier alpha value is -3.02. The summed E-state index contributed by atoms with van der Waals surface area (Å²) in [6.45, 7) is 7.70. The molecule has 0 aliphatic carbocycles. The maximum Gasteiger partial charge on any atom is 0.410 e. The van der Waals surface area contributed by atoms with Gasteiger partial charge in [-0.05, 0) is 50.5 Å². The highest BCUT2D eigenvalue weighted by atomic mass is 16.6. The average molecular weight is 408 g/mol. The molecule has 30 heavy (non-hydrogen) atoms. The Balaban J connectivity index is 1.45. The predicted octanol–water partition coefficient (Wildman–Crippen LogP) is 4.14. The van der Waals surface area contributed by atoms with E-state index in [1.807, 2.05) is 60.9 Å². The van der Waals surface area contributed by atoms with Crippen molar-refractivity contribution in [1.29, 1.82) is 0 Å².